The maximum Gasteiger partial charge on any atom is 0.157 e. The second-order valence-corrected chi connectivity index (χ2v) is 6.34. The van der Waals surface area contributed by atoms with E-state index in [1.54, 1.807) is 0 Å². The van der Waals surface area contributed by atoms with E-state index < -0.39 is 0 Å². The van der Waals surface area contributed by atoms with Gasteiger partial charge in [-0.2, -0.15) is 0 Å². The lowest BCUT2D eigenvalue weighted by Gasteiger charge is -2.17. The van der Waals surface area contributed by atoms with Gasteiger partial charge in [0.05, 0.1) is 6.04 Å². The van der Waals surface area contributed by atoms with Gasteiger partial charge in [-0.25, -0.2) is 0 Å². The summed E-state index contributed by atoms with van der Waals surface area (Å²) in [6.07, 6.45) is 4.02. The van der Waals surface area contributed by atoms with Crippen molar-refractivity contribution in [1.29, 1.82) is 0 Å². The van der Waals surface area contributed by atoms with Crippen LogP contribution in [0.25, 0.3) is 0 Å². The molecule has 2 aliphatic rings. The largest absolute Gasteiger partial charge is 0.362 e. The van der Waals surface area contributed by atoms with Crippen LogP contribution in [-0.4, -0.2) is 17.0 Å². The van der Waals surface area contributed by atoms with E-state index in [0.29, 0.717) is 12.1 Å². The Morgan fingerprint density at radius 3 is 2.78 bits per heavy atom. The van der Waals surface area contributed by atoms with Crippen molar-refractivity contribution in [3.8, 4) is 0 Å². The minimum Gasteiger partial charge on any atom is -0.362 e. The number of thioether (sulfide) groups is 1. The summed E-state index contributed by atoms with van der Waals surface area (Å²) >= 11 is 1.87. The quantitative estimate of drug-likeness (QED) is 0.878. The van der Waals surface area contributed by atoms with Crippen LogP contribution in [0.15, 0.2) is 35.3 Å². The van der Waals surface area contributed by atoms with Crippen LogP contribution in [0.2, 0.25) is 0 Å². The molecule has 0 radical (unpaired) electrons. The molecule has 2 nitrogen and oxygen atoms in total. The molecule has 0 saturated heterocycles. The van der Waals surface area contributed by atoms with Gasteiger partial charge in [-0.1, -0.05) is 55.4 Å². The van der Waals surface area contributed by atoms with E-state index in [4.69, 9.17) is 4.99 Å². The summed E-state index contributed by atoms with van der Waals surface area (Å²) in [6.45, 7) is 2.35. The summed E-state index contributed by atoms with van der Waals surface area (Å²) in [5.41, 5.74) is 1.33. The molecule has 1 fully saturated rings. The number of benzene rings is 1. The Morgan fingerprint density at radius 1 is 1.22 bits per heavy atom. The Balaban J connectivity index is 1.65. The summed E-state index contributed by atoms with van der Waals surface area (Å²) in [6, 6.07) is 11.6. The molecule has 1 aromatic carbocycles. The molecule has 1 aromatic rings. The number of hydrogen-bond donors (Lipinski definition) is 1. The van der Waals surface area contributed by atoms with Gasteiger partial charge in [0, 0.05) is 11.8 Å². The summed E-state index contributed by atoms with van der Waals surface area (Å²) in [5.74, 6) is 1.87. The molecule has 1 aliphatic heterocycles. The fourth-order valence-corrected chi connectivity index (χ4v) is 3.84. The van der Waals surface area contributed by atoms with Gasteiger partial charge < -0.3 is 5.32 Å². The Kier molecular flexibility index (Phi) is 3.59. The number of nitrogens with zero attached hydrogens (tertiary/aromatic N) is 1. The molecule has 3 heteroatoms. The second kappa shape index (κ2) is 5.35. The van der Waals surface area contributed by atoms with Gasteiger partial charge in [0.25, 0.3) is 0 Å². The average Bonchev–Trinajstić information content (AvgIpc) is 3.02. The molecule has 1 saturated carbocycles. The Hall–Kier alpha value is -0.960. The maximum absolute atomic E-state index is 4.82. The summed E-state index contributed by atoms with van der Waals surface area (Å²) in [7, 11) is 0. The Labute approximate surface area is 113 Å². The summed E-state index contributed by atoms with van der Waals surface area (Å²) in [4.78, 5) is 4.82. The van der Waals surface area contributed by atoms with Crippen LogP contribution in [-0.2, 0) is 0 Å². The zero-order chi connectivity index (χ0) is 12.4. The van der Waals surface area contributed by atoms with Crippen molar-refractivity contribution in [1.82, 2.24) is 5.32 Å². The first-order chi connectivity index (χ1) is 8.83. The second-order valence-electron chi connectivity index (χ2n) is 5.33. The van der Waals surface area contributed by atoms with Gasteiger partial charge in [0.2, 0.25) is 0 Å². The van der Waals surface area contributed by atoms with Crippen molar-refractivity contribution in [2.45, 2.75) is 38.3 Å². The van der Waals surface area contributed by atoms with Crippen LogP contribution >= 0.6 is 11.8 Å². The number of nitrogens with one attached hydrogen (secondary N) is 1. The number of hydrogen-bond acceptors (Lipinski definition) is 3. The number of amidine groups is 1. The molecule has 1 aliphatic carbocycles. The van der Waals surface area contributed by atoms with E-state index in [1.165, 1.54) is 24.8 Å². The van der Waals surface area contributed by atoms with Crippen molar-refractivity contribution in [2.24, 2.45) is 10.9 Å². The van der Waals surface area contributed by atoms with E-state index in [2.05, 4.69) is 42.6 Å². The van der Waals surface area contributed by atoms with Crippen LogP contribution in [0.4, 0.5) is 0 Å². The normalized spacial score (nSPS) is 31.4. The van der Waals surface area contributed by atoms with E-state index in [1.807, 2.05) is 11.8 Å². The first-order valence-electron chi connectivity index (χ1n) is 6.85. The molecule has 18 heavy (non-hydrogen) atoms. The molecular formula is C15H20N2S. The fourth-order valence-electron chi connectivity index (χ4n) is 2.82. The van der Waals surface area contributed by atoms with E-state index in [9.17, 15) is 0 Å². The van der Waals surface area contributed by atoms with Gasteiger partial charge in [0.15, 0.2) is 5.17 Å². The number of aliphatic imine (C=N–C) groups is 1. The van der Waals surface area contributed by atoms with Crippen LogP contribution in [0, 0.1) is 5.92 Å². The molecule has 0 spiro atoms. The summed E-state index contributed by atoms with van der Waals surface area (Å²) in [5, 5.41) is 4.80. The highest BCUT2D eigenvalue weighted by atomic mass is 32.2. The van der Waals surface area contributed by atoms with Gasteiger partial charge in [-0.05, 0) is 24.3 Å². The molecular weight excluding hydrogens is 240 g/mol. The molecule has 1 heterocycles. The molecule has 0 aromatic heterocycles. The third-order valence-corrected chi connectivity index (χ3v) is 4.98. The predicted octanol–water partition coefficient (Wildman–Crippen LogP) is 3.61. The van der Waals surface area contributed by atoms with Crippen LogP contribution in [0.3, 0.4) is 0 Å². The van der Waals surface area contributed by atoms with Gasteiger partial charge in [-0.15, -0.1) is 0 Å². The third kappa shape index (κ3) is 2.56. The first kappa shape index (κ1) is 12.1. The molecule has 3 rings (SSSR count). The first-order valence-corrected chi connectivity index (χ1v) is 7.83. The molecule has 1 N–H and O–H groups in total. The number of rotatable bonds is 2. The molecule has 0 amide bonds. The molecule has 96 valence electrons. The lowest BCUT2D eigenvalue weighted by molar-refractivity contribution is 0.489. The van der Waals surface area contributed by atoms with Crippen LogP contribution < -0.4 is 5.32 Å². The lowest BCUT2D eigenvalue weighted by atomic mass is 10.1. The van der Waals surface area contributed by atoms with Gasteiger partial charge in [-0.3, -0.25) is 4.99 Å². The van der Waals surface area contributed by atoms with Gasteiger partial charge in [0.1, 0.15) is 0 Å². The van der Waals surface area contributed by atoms with E-state index >= 15 is 0 Å². The van der Waals surface area contributed by atoms with Crippen LogP contribution in [0.1, 0.15) is 37.8 Å². The standard InChI is InChI=1S/C15H20N2S/c1-11-6-5-9-13(11)16-15-17-14(10-18-15)12-7-3-2-4-8-12/h2-4,7-8,11,13-14H,5-6,9-10H2,1H3,(H,16,17). The predicted molar refractivity (Wildman–Crippen MR) is 79.0 cm³/mol. The topological polar surface area (TPSA) is 24.4 Å². The van der Waals surface area contributed by atoms with Gasteiger partial charge >= 0.3 is 0 Å². The van der Waals surface area contributed by atoms with Crippen molar-refractivity contribution in [3.05, 3.63) is 35.9 Å². The van der Waals surface area contributed by atoms with E-state index in [-0.39, 0.29) is 0 Å². The van der Waals surface area contributed by atoms with Crippen molar-refractivity contribution >= 4 is 16.9 Å². The Morgan fingerprint density at radius 2 is 2.06 bits per heavy atom. The zero-order valence-electron chi connectivity index (χ0n) is 10.8. The third-order valence-electron chi connectivity index (χ3n) is 4.01. The average molecular weight is 260 g/mol. The van der Waals surface area contributed by atoms with Crippen LogP contribution in [0.5, 0.6) is 0 Å². The molecule has 3 atom stereocenters. The minimum absolute atomic E-state index is 0.343. The highest BCUT2D eigenvalue weighted by Gasteiger charge is 2.27. The minimum atomic E-state index is 0.343. The van der Waals surface area contributed by atoms with Crippen molar-refractivity contribution in [2.75, 3.05) is 5.75 Å². The zero-order valence-corrected chi connectivity index (χ0v) is 11.6. The monoisotopic (exact) mass is 260 g/mol. The van der Waals surface area contributed by atoms with Crippen molar-refractivity contribution < 1.29 is 0 Å². The Bertz CT molecular complexity index is 429. The van der Waals surface area contributed by atoms with E-state index in [0.717, 1.165) is 16.8 Å². The SMILES string of the molecule is CC1CCCC1NC1=NC(c2ccccc2)CS1. The lowest BCUT2D eigenvalue weighted by Crippen LogP contribution is -2.34. The highest BCUT2D eigenvalue weighted by Crippen LogP contribution is 2.31. The maximum atomic E-state index is 4.82. The molecule has 3 unspecified atom stereocenters. The highest BCUT2D eigenvalue weighted by molar-refractivity contribution is 8.14. The molecule has 0 bridgehead atoms. The van der Waals surface area contributed by atoms with Crippen molar-refractivity contribution in [3.63, 3.8) is 0 Å². The summed E-state index contributed by atoms with van der Waals surface area (Å²) < 4.78 is 0. The smallest absolute Gasteiger partial charge is 0.157 e. The fraction of sp³-hybridized carbons (Fsp3) is 0.533.